The summed E-state index contributed by atoms with van der Waals surface area (Å²) < 4.78 is 29.7. The lowest BCUT2D eigenvalue weighted by Crippen LogP contribution is -2.49. The van der Waals surface area contributed by atoms with Crippen molar-refractivity contribution < 1.29 is 28.2 Å². The normalized spacial score (nSPS) is 26.0. The fourth-order valence-corrected chi connectivity index (χ4v) is 7.75. The van der Waals surface area contributed by atoms with E-state index >= 15 is 0 Å². The minimum Gasteiger partial charge on any atom is -0.490 e. The van der Waals surface area contributed by atoms with Gasteiger partial charge in [-0.15, -0.1) is 0 Å². The zero-order valence-electron chi connectivity index (χ0n) is 24.2. The number of carboxylic acid groups (broad SMARTS) is 1. The number of ether oxygens (including phenoxy) is 1. The second-order valence-corrected chi connectivity index (χ2v) is 15.0. The number of hydrogen-bond donors (Lipinski definition) is 3. The molecule has 42 heavy (non-hydrogen) atoms. The standard InChI is InChI=1S/C32H41ClN2O6S/c1-20(14-21(2)42(34,39)40)5-11-29(36)26-9-6-24(26)17-35-18-32(13-3-4-22-15-25(33)8-10-27(22)32)19-41-30-12-7-23(31(37)38)16-28(30)35/h5,7-8,10-12,15-16,20-21,24,26,29,36H,3-4,6,9,13-14,17-19H2,1-2H3,(H,37,38)(H2,34,39,40)/b11-5+/t20-,21-,24+,26-,29?,32+/m1/s1. The molecule has 1 spiro atoms. The number of anilines is 1. The summed E-state index contributed by atoms with van der Waals surface area (Å²) in [5.74, 6) is -0.106. The third-order valence-corrected chi connectivity index (χ3v) is 11.1. The average Bonchev–Trinajstić information content (AvgIpc) is 3.06. The topological polar surface area (TPSA) is 130 Å². The number of hydrogen-bond acceptors (Lipinski definition) is 6. The fraction of sp³-hybridized carbons (Fsp3) is 0.531. The van der Waals surface area contributed by atoms with E-state index in [-0.39, 0.29) is 28.7 Å². The molecule has 228 valence electrons. The Kier molecular flexibility index (Phi) is 8.95. The number of benzene rings is 2. The summed E-state index contributed by atoms with van der Waals surface area (Å²) in [6.45, 7) is 5.35. The molecular formula is C32H41ClN2O6S. The summed E-state index contributed by atoms with van der Waals surface area (Å²) in [6, 6.07) is 11.2. The Morgan fingerprint density at radius 3 is 2.69 bits per heavy atom. The van der Waals surface area contributed by atoms with Gasteiger partial charge in [0.2, 0.25) is 10.0 Å². The summed E-state index contributed by atoms with van der Waals surface area (Å²) in [5, 5.41) is 26.2. The first kappa shape index (κ1) is 30.9. The van der Waals surface area contributed by atoms with Gasteiger partial charge >= 0.3 is 5.97 Å². The second kappa shape index (κ2) is 12.2. The van der Waals surface area contributed by atoms with Crippen LogP contribution in [0.3, 0.4) is 0 Å². The number of halogens is 1. The molecule has 10 heteroatoms. The van der Waals surface area contributed by atoms with Crippen molar-refractivity contribution in [2.75, 3.05) is 24.6 Å². The molecule has 8 nitrogen and oxygen atoms in total. The number of aryl methyl sites for hydroxylation is 1. The largest absolute Gasteiger partial charge is 0.490 e. The Morgan fingerprint density at radius 1 is 1.21 bits per heavy atom. The number of carbonyl (C=O) groups is 1. The SMILES string of the molecule is C[C@H](/C=C/C(O)[C@@H]1CC[C@H]1CN1C[C@@]2(CCCc3cc(Cl)ccc32)COc2ccc(C(=O)O)cc21)C[C@@H](C)S(N)(=O)=O. The van der Waals surface area contributed by atoms with Crippen molar-refractivity contribution in [2.45, 2.75) is 69.1 Å². The first-order valence-corrected chi connectivity index (χ1v) is 16.8. The number of aliphatic hydroxyl groups excluding tert-OH is 1. The molecule has 0 radical (unpaired) electrons. The summed E-state index contributed by atoms with van der Waals surface area (Å²) in [4.78, 5) is 14.2. The minimum absolute atomic E-state index is 0.0460. The third-order valence-electron chi connectivity index (χ3n) is 9.56. The zero-order valence-corrected chi connectivity index (χ0v) is 25.8. The summed E-state index contributed by atoms with van der Waals surface area (Å²) in [6.07, 6.45) is 8.18. The zero-order chi connectivity index (χ0) is 30.2. The average molecular weight is 617 g/mol. The monoisotopic (exact) mass is 616 g/mol. The maximum absolute atomic E-state index is 11.9. The van der Waals surface area contributed by atoms with Crippen molar-refractivity contribution in [3.63, 3.8) is 0 Å². The molecule has 0 bridgehead atoms. The van der Waals surface area contributed by atoms with Gasteiger partial charge in [0.25, 0.3) is 0 Å². The molecule has 1 aliphatic heterocycles. The van der Waals surface area contributed by atoms with Gasteiger partial charge in [-0.3, -0.25) is 0 Å². The van der Waals surface area contributed by atoms with Crippen LogP contribution in [0, 0.1) is 17.8 Å². The summed E-state index contributed by atoms with van der Waals surface area (Å²) in [7, 11) is -3.60. The van der Waals surface area contributed by atoms with Crippen LogP contribution in [0.4, 0.5) is 5.69 Å². The van der Waals surface area contributed by atoms with E-state index in [4.69, 9.17) is 21.5 Å². The van der Waals surface area contributed by atoms with Gasteiger partial charge in [0.15, 0.2) is 0 Å². The number of aromatic carboxylic acids is 1. The highest BCUT2D eigenvalue weighted by atomic mass is 35.5. The van der Waals surface area contributed by atoms with Crippen molar-refractivity contribution in [1.82, 2.24) is 0 Å². The molecule has 5 rings (SSSR count). The van der Waals surface area contributed by atoms with Crippen LogP contribution in [0.25, 0.3) is 0 Å². The molecule has 2 aromatic carbocycles. The Bertz CT molecular complexity index is 1460. The van der Waals surface area contributed by atoms with Crippen LogP contribution in [0.1, 0.15) is 67.4 Å². The summed E-state index contributed by atoms with van der Waals surface area (Å²) in [5.41, 5.74) is 3.19. The first-order chi connectivity index (χ1) is 19.9. The molecule has 0 amide bonds. The van der Waals surface area contributed by atoms with E-state index in [9.17, 15) is 23.4 Å². The molecule has 3 aliphatic rings. The highest BCUT2D eigenvalue weighted by Crippen LogP contribution is 2.46. The van der Waals surface area contributed by atoms with Crippen LogP contribution in [0.5, 0.6) is 5.75 Å². The predicted octanol–water partition coefficient (Wildman–Crippen LogP) is 5.16. The molecule has 2 aromatic rings. The number of carboxylic acids is 1. The molecule has 1 saturated carbocycles. The van der Waals surface area contributed by atoms with E-state index in [0.717, 1.165) is 42.8 Å². The highest BCUT2D eigenvalue weighted by Gasteiger charge is 2.44. The smallest absolute Gasteiger partial charge is 0.335 e. The molecular weight excluding hydrogens is 576 g/mol. The first-order valence-electron chi connectivity index (χ1n) is 14.8. The molecule has 4 N–H and O–H groups in total. The number of nitrogens with two attached hydrogens (primary N) is 1. The van der Waals surface area contributed by atoms with Crippen LogP contribution < -0.4 is 14.8 Å². The van der Waals surface area contributed by atoms with Gasteiger partial charge in [0.05, 0.1) is 29.2 Å². The maximum atomic E-state index is 11.9. The lowest BCUT2D eigenvalue weighted by Gasteiger charge is -2.45. The van der Waals surface area contributed by atoms with E-state index in [1.807, 2.05) is 19.1 Å². The van der Waals surface area contributed by atoms with Gasteiger partial charge in [-0.25, -0.2) is 18.4 Å². The number of rotatable bonds is 9. The maximum Gasteiger partial charge on any atom is 0.335 e. The molecule has 1 fully saturated rings. The highest BCUT2D eigenvalue weighted by molar-refractivity contribution is 7.89. The Morgan fingerprint density at radius 2 is 2.00 bits per heavy atom. The van der Waals surface area contributed by atoms with Crippen molar-refractivity contribution in [2.24, 2.45) is 22.9 Å². The van der Waals surface area contributed by atoms with E-state index in [1.54, 1.807) is 31.2 Å². The van der Waals surface area contributed by atoms with E-state index in [1.165, 1.54) is 11.1 Å². The second-order valence-electron chi connectivity index (χ2n) is 12.6. The van der Waals surface area contributed by atoms with Crippen LogP contribution in [-0.4, -0.2) is 55.7 Å². The number of sulfonamides is 1. The molecule has 0 aromatic heterocycles. The van der Waals surface area contributed by atoms with Gasteiger partial charge in [0.1, 0.15) is 5.75 Å². The lowest BCUT2D eigenvalue weighted by molar-refractivity contribution is 0.0454. The predicted molar refractivity (Wildman–Crippen MR) is 165 cm³/mol. The number of allylic oxidation sites excluding steroid dienone is 1. The van der Waals surface area contributed by atoms with Crippen LogP contribution in [0.15, 0.2) is 48.6 Å². The van der Waals surface area contributed by atoms with Crippen molar-refractivity contribution >= 4 is 33.3 Å². The van der Waals surface area contributed by atoms with E-state index < -0.39 is 27.3 Å². The van der Waals surface area contributed by atoms with Crippen LogP contribution >= 0.6 is 11.6 Å². The Balaban J connectivity index is 1.39. The molecule has 1 heterocycles. The third kappa shape index (κ3) is 6.49. The number of aliphatic hydroxyl groups is 1. The molecule has 0 saturated heterocycles. The Hall–Kier alpha value is -2.59. The van der Waals surface area contributed by atoms with Crippen LogP contribution in [0.2, 0.25) is 5.02 Å². The lowest BCUT2D eigenvalue weighted by atomic mass is 9.68. The number of primary sulfonamides is 1. The Labute approximate surface area is 253 Å². The quantitative estimate of drug-likeness (QED) is 0.332. The van der Waals surface area contributed by atoms with Gasteiger partial charge in [0, 0.05) is 23.5 Å². The summed E-state index contributed by atoms with van der Waals surface area (Å²) >= 11 is 6.36. The van der Waals surface area contributed by atoms with E-state index in [0.29, 0.717) is 31.9 Å². The van der Waals surface area contributed by atoms with Gasteiger partial charge < -0.3 is 19.8 Å². The van der Waals surface area contributed by atoms with E-state index in [2.05, 4.69) is 17.0 Å². The van der Waals surface area contributed by atoms with Crippen molar-refractivity contribution in [3.05, 3.63) is 70.3 Å². The van der Waals surface area contributed by atoms with Gasteiger partial charge in [-0.05, 0) is 105 Å². The number of fused-ring (bicyclic) bond motifs is 3. The molecule has 6 atom stereocenters. The van der Waals surface area contributed by atoms with Crippen molar-refractivity contribution in [1.29, 1.82) is 0 Å². The van der Waals surface area contributed by atoms with Crippen LogP contribution in [-0.2, 0) is 21.9 Å². The molecule has 2 aliphatic carbocycles. The fourth-order valence-electron chi connectivity index (χ4n) is 6.98. The van der Waals surface area contributed by atoms with Gasteiger partial charge in [-0.1, -0.05) is 36.7 Å². The minimum atomic E-state index is -3.60. The number of nitrogens with zero attached hydrogens (tertiary/aromatic N) is 1. The van der Waals surface area contributed by atoms with Crippen molar-refractivity contribution in [3.8, 4) is 5.75 Å². The molecule has 1 unspecified atom stereocenters. The van der Waals surface area contributed by atoms with Gasteiger partial charge in [-0.2, -0.15) is 0 Å².